The molecule has 1 aromatic rings. The van der Waals surface area contributed by atoms with Crippen molar-refractivity contribution in [3.05, 3.63) is 17.0 Å². The van der Waals surface area contributed by atoms with Crippen LogP contribution in [0, 0.1) is 12.8 Å². The third kappa shape index (κ3) is 4.24. The first-order valence-corrected chi connectivity index (χ1v) is 11.2. The lowest BCUT2D eigenvalue weighted by atomic mass is 9.95. The largest absolute Gasteiger partial charge is 0.352 e. The van der Waals surface area contributed by atoms with E-state index in [4.69, 9.17) is 0 Å². The molecule has 0 radical (unpaired) electrons. The molecule has 0 aliphatic carbocycles. The Morgan fingerprint density at radius 1 is 1.32 bits per heavy atom. The van der Waals surface area contributed by atoms with E-state index in [9.17, 15) is 13.2 Å². The predicted octanol–water partition coefficient (Wildman–Crippen LogP) is 1.71. The van der Waals surface area contributed by atoms with Crippen LogP contribution >= 0.6 is 11.3 Å². The monoisotopic (exact) mass is 385 g/mol. The fourth-order valence-corrected chi connectivity index (χ4v) is 6.56. The van der Waals surface area contributed by atoms with Crippen molar-refractivity contribution in [2.75, 3.05) is 19.6 Å². The molecule has 2 N–H and O–H groups in total. The van der Waals surface area contributed by atoms with Gasteiger partial charge in [-0.2, -0.15) is 4.31 Å². The molecular formula is C17H27N3O3S2. The van der Waals surface area contributed by atoms with Crippen LogP contribution in [0.2, 0.25) is 0 Å². The summed E-state index contributed by atoms with van der Waals surface area (Å²) in [5.41, 5.74) is 0. The van der Waals surface area contributed by atoms with Crippen LogP contribution < -0.4 is 10.6 Å². The first kappa shape index (κ1) is 18.8. The Morgan fingerprint density at radius 3 is 2.80 bits per heavy atom. The topological polar surface area (TPSA) is 78.5 Å². The third-order valence-corrected chi connectivity index (χ3v) is 8.49. The maximum Gasteiger partial charge on any atom is 0.252 e. The van der Waals surface area contributed by atoms with E-state index in [0.29, 0.717) is 10.8 Å². The zero-order valence-electron chi connectivity index (χ0n) is 14.8. The molecule has 3 rings (SSSR count). The van der Waals surface area contributed by atoms with Gasteiger partial charge in [-0.1, -0.05) is 0 Å². The van der Waals surface area contributed by atoms with Gasteiger partial charge in [-0.15, -0.1) is 11.3 Å². The maximum atomic E-state index is 12.8. The Hall–Kier alpha value is -0.960. The number of carbonyl (C=O) groups excluding carboxylic acids is 1. The van der Waals surface area contributed by atoms with Gasteiger partial charge >= 0.3 is 0 Å². The minimum atomic E-state index is -3.49. The number of hydrogen-bond acceptors (Lipinski definition) is 5. The second-order valence-electron chi connectivity index (χ2n) is 7.07. The highest BCUT2D eigenvalue weighted by atomic mass is 32.2. The quantitative estimate of drug-likeness (QED) is 0.827. The van der Waals surface area contributed by atoms with Crippen molar-refractivity contribution in [3.8, 4) is 0 Å². The number of nitrogens with zero attached hydrogens (tertiary/aromatic N) is 1. The van der Waals surface area contributed by atoms with Crippen molar-refractivity contribution in [2.24, 2.45) is 5.92 Å². The summed E-state index contributed by atoms with van der Waals surface area (Å²) in [4.78, 5) is 13.6. The van der Waals surface area contributed by atoms with E-state index in [0.717, 1.165) is 37.1 Å². The van der Waals surface area contributed by atoms with Crippen molar-refractivity contribution in [2.45, 2.75) is 55.8 Å². The lowest BCUT2D eigenvalue weighted by Gasteiger charge is -2.34. The number of hydrogen-bond donors (Lipinski definition) is 2. The molecule has 0 saturated carbocycles. The van der Waals surface area contributed by atoms with Crippen molar-refractivity contribution in [1.29, 1.82) is 0 Å². The lowest BCUT2D eigenvalue weighted by molar-refractivity contribution is -0.127. The van der Waals surface area contributed by atoms with Crippen LogP contribution in [-0.2, 0) is 14.8 Å². The van der Waals surface area contributed by atoms with E-state index in [-0.39, 0.29) is 30.5 Å². The fourth-order valence-electron chi connectivity index (χ4n) is 3.59. The molecule has 0 bridgehead atoms. The molecule has 0 aromatic carbocycles. The molecule has 2 saturated heterocycles. The van der Waals surface area contributed by atoms with Crippen molar-refractivity contribution in [1.82, 2.24) is 14.9 Å². The summed E-state index contributed by atoms with van der Waals surface area (Å²) < 4.78 is 27.5. The Morgan fingerprint density at radius 2 is 2.12 bits per heavy atom. The summed E-state index contributed by atoms with van der Waals surface area (Å²) in [6.07, 6.45) is 3.50. The van der Waals surface area contributed by atoms with Crippen LogP contribution in [-0.4, -0.2) is 50.3 Å². The Kier molecular flexibility index (Phi) is 5.82. The highest BCUT2D eigenvalue weighted by molar-refractivity contribution is 7.91. The predicted molar refractivity (Wildman–Crippen MR) is 99.2 cm³/mol. The lowest BCUT2D eigenvalue weighted by Crippen LogP contribution is -2.54. The third-order valence-electron chi connectivity index (χ3n) is 5.15. The molecule has 2 fully saturated rings. The second-order valence-corrected chi connectivity index (χ2v) is 10.5. The molecule has 0 spiro atoms. The zero-order chi connectivity index (χ0) is 18.0. The standard InChI is InChI=1S/C17H27N3O3S2/c1-12-7-8-16(24-12)25(22,23)20-10-4-5-14(11-20)17(21)19-15-6-3-9-18-13(15)2/h7-8,13-15,18H,3-6,9-11H2,1-2H3,(H,19,21). The number of nitrogens with one attached hydrogen (secondary N) is 2. The van der Waals surface area contributed by atoms with Gasteiger partial charge in [-0.3, -0.25) is 4.79 Å². The van der Waals surface area contributed by atoms with Crippen molar-refractivity contribution in [3.63, 3.8) is 0 Å². The van der Waals surface area contributed by atoms with Gasteiger partial charge in [-0.25, -0.2) is 8.42 Å². The first-order valence-electron chi connectivity index (χ1n) is 8.98. The van der Waals surface area contributed by atoms with Gasteiger partial charge in [0.1, 0.15) is 4.21 Å². The SMILES string of the molecule is Cc1ccc(S(=O)(=O)N2CCCC(C(=O)NC3CCCNC3C)C2)s1. The summed E-state index contributed by atoms with van der Waals surface area (Å²) in [6.45, 7) is 5.74. The van der Waals surface area contributed by atoms with Crippen LogP contribution in [0.25, 0.3) is 0 Å². The van der Waals surface area contributed by atoms with Gasteiger partial charge in [0, 0.05) is 30.1 Å². The second kappa shape index (κ2) is 7.73. The van der Waals surface area contributed by atoms with Gasteiger partial charge in [-0.05, 0) is 58.2 Å². The molecule has 2 aliphatic rings. The highest BCUT2D eigenvalue weighted by Gasteiger charge is 2.35. The van der Waals surface area contributed by atoms with Crippen LogP contribution in [0.15, 0.2) is 16.3 Å². The van der Waals surface area contributed by atoms with E-state index in [1.807, 2.05) is 13.0 Å². The van der Waals surface area contributed by atoms with E-state index in [1.54, 1.807) is 6.07 Å². The number of aryl methyl sites for hydroxylation is 1. The number of thiophene rings is 1. The molecule has 3 unspecified atom stereocenters. The number of carbonyl (C=O) groups is 1. The normalized spacial score (nSPS) is 28.6. The van der Waals surface area contributed by atoms with Crippen LogP contribution in [0.5, 0.6) is 0 Å². The molecule has 6 nitrogen and oxygen atoms in total. The summed E-state index contributed by atoms with van der Waals surface area (Å²) >= 11 is 1.29. The molecule has 3 heterocycles. The summed E-state index contributed by atoms with van der Waals surface area (Å²) in [6, 6.07) is 3.88. The first-order chi connectivity index (χ1) is 11.9. The number of rotatable bonds is 4. The maximum absolute atomic E-state index is 12.8. The van der Waals surface area contributed by atoms with E-state index in [1.165, 1.54) is 15.6 Å². The number of amides is 1. The van der Waals surface area contributed by atoms with Gasteiger partial charge in [0.15, 0.2) is 0 Å². The molecular weight excluding hydrogens is 358 g/mol. The van der Waals surface area contributed by atoms with Crippen LogP contribution in [0.3, 0.4) is 0 Å². The smallest absolute Gasteiger partial charge is 0.252 e. The molecule has 2 aliphatic heterocycles. The molecule has 8 heteroatoms. The van der Waals surface area contributed by atoms with Crippen LogP contribution in [0.4, 0.5) is 0 Å². The summed E-state index contributed by atoms with van der Waals surface area (Å²) in [5, 5.41) is 6.51. The van der Waals surface area contributed by atoms with Crippen molar-refractivity contribution >= 4 is 27.3 Å². The van der Waals surface area contributed by atoms with Crippen LogP contribution in [0.1, 0.15) is 37.5 Å². The Labute approximate surface area is 154 Å². The molecule has 1 aromatic heterocycles. The number of sulfonamides is 1. The Bertz CT molecular complexity index is 716. The average molecular weight is 386 g/mol. The fraction of sp³-hybridized carbons (Fsp3) is 0.706. The summed E-state index contributed by atoms with van der Waals surface area (Å²) in [5.74, 6) is -0.276. The molecule has 140 valence electrons. The minimum Gasteiger partial charge on any atom is -0.352 e. The van der Waals surface area contributed by atoms with E-state index < -0.39 is 10.0 Å². The van der Waals surface area contributed by atoms with Gasteiger partial charge < -0.3 is 10.6 Å². The van der Waals surface area contributed by atoms with Crippen molar-refractivity contribution < 1.29 is 13.2 Å². The number of piperidine rings is 2. The van der Waals surface area contributed by atoms with E-state index in [2.05, 4.69) is 17.6 Å². The van der Waals surface area contributed by atoms with Gasteiger partial charge in [0.05, 0.1) is 5.92 Å². The minimum absolute atomic E-state index is 0.0113. The Balaban J connectivity index is 1.65. The summed E-state index contributed by atoms with van der Waals surface area (Å²) in [7, 11) is -3.49. The highest BCUT2D eigenvalue weighted by Crippen LogP contribution is 2.28. The van der Waals surface area contributed by atoms with Gasteiger partial charge in [0.2, 0.25) is 5.91 Å². The molecule has 1 amide bonds. The molecule has 25 heavy (non-hydrogen) atoms. The molecule has 3 atom stereocenters. The average Bonchev–Trinajstić information content (AvgIpc) is 3.04. The zero-order valence-corrected chi connectivity index (χ0v) is 16.5. The van der Waals surface area contributed by atoms with Gasteiger partial charge in [0.25, 0.3) is 10.0 Å². The van der Waals surface area contributed by atoms with E-state index >= 15 is 0 Å².